The zero-order valence-electron chi connectivity index (χ0n) is 8.33. The molecule has 0 aromatic rings. The molecule has 0 saturated carbocycles. The Morgan fingerprint density at radius 1 is 0.875 bits per heavy atom. The lowest BCUT2D eigenvalue weighted by Gasteiger charge is -2.14. The average Bonchev–Trinajstić information content (AvgIpc) is 2.22. The Balaban J connectivity index is 5.81. The molecule has 2 unspecified atom stereocenters. The van der Waals surface area contributed by atoms with Gasteiger partial charge in [0.2, 0.25) is 0 Å². The van der Waals surface area contributed by atoms with Crippen LogP contribution in [-0.2, 0) is 9.59 Å². The summed E-state index contributed by atoms with van der Waals surface area (Å²) in [5.74, 6) is -3.29. The van der Waals surface area contributed by atoms with Gasteiger partial charge in [0.05, 0.1) is 11.1 Å². The average molecular weight is 228 g/mol. The van der Waals surface area contributed by atoms with Gasteiger partial charge in [-0.25, -0.2) is 9.59 Å². The smallest absolute Gasteiger partial charge is 0.335 e. The van der Waals surface area contributed by atoms with Gasteiger partial charge in [-0.3, -0.25) is 0 Å². The topological polar surface area (TPSA) is 115 Å². The number of aliphatic hydroxyl groups excluding tert-OH is 2. The van der Waals surface area contributed by atoms with Gasteiger partial charge in [0.25, 0.3) is 0 Å². The molecule has 0 heterocycles. The molecule has 2 atom stereocenters. The molecule has 0 aliphatic carbocycles. The Kier molecular flexibility index (Phi) is 5.14. The molecule has 88 valence electrons. The molecule has 16 heavy (non-hydrogen) atoms. The molecule has 0 radical (unpaired) electrons. The SMILES string of the molecule is C=CC(O)C(C(=O)O)=C(C(=O)O)C(O)C=C. The van der Waals surface area contributed by atoms with Gasteiger partial charge in [0, 0.05) is 0 Å². The second-order valence-electron chi connectivity index (χ2n) is 2.80. The number of aliphatic hydroxyl groups is 2. The van der Waals surface area contributed by atoms with Crippen LogP contribution >= 0.6 is 0 Å². The van der Waals surface area contributed by atoms with Crippen molar-refractivity contribution in [3.05, 3.63) is 36.5 Å². The van der Waals surface area contributed by atoms with Crippen LogP contribution in [0.2, 0.25) is 0 Å². The van der Waals surface area contributed by atoms with Crippen LogP contribution in [-0.4, -0.2) is 44.6 Å². The van der Waals surface area contributed by atoms with E-state index in [1.165, 1.54) is 0 Å². The van der Waals surface area contributed by atoms with Gasteiger partial charge < -0.3 is 20.4 Å². The van der Waals surface area contributed by atoms with Crippen LogP contribution in [0, 0.1) is 0 Å². The maximum Gasteiger partial charge on any atom is 0.335 e. The largest absolute Gasteiger partial charge is 0.478 e. The van der Waals surface area contributed by atoms with E-state index >= 15 is 0 Å². The summed E-state index contributed by atoms with van der Waals surface area (Å²) in [6.07, 6.45) is -1.67. The lowest BCUT2D eigenvalue weighted by Crippen LogP contribution is -2.26. The Bertz CT molecular complexity index is 320. The summed E-state index contributed by atoms with van der Waals surface area (Å²) in [6.45, 7) is 6.29. The van der Waals surface area contributed by atoms with Crippen LogP contribution in [0.4, 0.5) is 0 Å². The maximum atomic E-state index is 10.8. The molecular weight excluding hydrogens is 216 g/mol. The quantitative estimate of drug-likeness (QED) is 0.361. The predicted octanol–water partition coefficient (Wildman–Crippen LogP) is -0.454. The minimum atomic E-state index is -1.68. The minimum absolute atomic E-state index is 0.838. The van der Waals surface area contributed by atoms with Crippen molar-refractivity contribution in [1.29, 1.82) is 0 Å². The Labute approximate surface area is 91.5 Å². The monoisotopic (exact) mass is 228 g/mol. The zero-order chi connectivity index (χ0) is 12.9. The third kappa shape index (κ3) is 3.04. The summed E-state index contributed by atoms with van der Waals surface area (Å²) < 4.78 is 0. The molecule has 0 aliphatic heterocycles. The molecule has 0 aromatic carbocycles. The first-order valence-corrected chi connectivity index (χ1v) is 4.18. The van der Waals surface area contributed by atoms with E-state index in [0.29, 0.717) is 0 Å². The standard InChI is InChI=1S/C10H12O6/c1-3-5(11)7(9(13)14)8(10(15)16)6(12)4-2/h3-6,11-12H,1-2H2,(H,13,14)(H,15,16). The predicted molar refractivity (Wildman–Crippen MR) is 54.7 cm³/mol. The summed E-state index contributed by atoms with van der Waals surface area (Å²) in [7, 11) is 0. The zero-order valence-corrected chi connectivity index (χ0v) is 8.33. The van der Waals surface area contributed by atoms with Gasteiger partial charge >= 0.3 is 11.9 Å². The van der Waals surface area contributed by atoms with Gasteiger partial charge in [0.1, 0.15) is 12.2 Å². The molecule has 0 amide bonds. The lowest BCUT2D eigenvalue weighted by atomic mass is 9.98. The summed E-state index contributed by atoms with van der Waals surface area (Å²) in [5, 5.41) is 36.1. The first kappa shape index (κ1) is 14.1. The minimum Gasteiger partial charge on any atom is -0.478 e. The van der Waals surface area contributed by atoms with E-state index in [0.717, 1.165) is 12.2 Å². The highest BCUT2D eigenvalue weighted by molar-refractivity contribution is 6.00. The molecule has 0 saturated heterocycles. The molecule has 0 aromatic heterocycles. The van der Waals surface area contributed by atoms with E-state index < -0.39 is 35.3 Å². The number of carbonyl (C=O) groups is 2. The van der Waals surface area contributed by atoms with E-state index in [1.807, 2.05) is 0 Å². The van der Waals surface area contributed by atoms with E-state index in [1.54, 1.807) is 0 Å². The molecule has 0 fully saturated rings. The van der Waals surface area contributed by atoms with E-state index in [9.17, 15) is 19.8 Å². The van der Waals surface area contributed by atoms with Crippen molar-refractivity contribution >= 4 is 11.9 Å². The first-order chi connectivity index (χ1) is 7.36. The Hall–Kier alpha value is -1.92. The van der Waals surface area contributed by atoms with Crippen molar-refractivity contribution in [2.75, 3.05) is 0 Å². The van der Waals surface area contributed by atoms with Gasteiger partial charge in [-0.1, -0.05) is 12.2 Å². The van der Waals surface area contributed by atoms with Gasteiger partial charge in [-0.05, 0) is 0 Å². The third-order valence-electron chi connectivity index (χ3n) is 1.79. The first-order valence-electron chi connectivity index (χ1n) is 4.18. The van der Waals surface area contributed by atoms with Crippen LogP contribution in [0.1, 0.15) is 0 Å². The van der Waals surface area contributed by atoms with Crippen LogP contribution in [0.25, 0.3) is 0 Å². The van der Waals surface area contributed by atoms with Crippen LogP contribution in [0.5, 0.6) is 0 Å². The van der Waals surface area contributed by atoms with Crippen molar-refractivity contribution in [3.8, 4) is 0 Å². The van der Waals surface area contributed by atoms with Crippen LogP contribution < -0.4 is 0 Å². The van der Waals surface area contributed by atoms with Crippen molar-refractivity contribution < 1.29 is 30.0 Å². The fourth-order valence-corrected chi connectivity index (χ4v) is 1.04. The molecule has 6 heteroatoms. The summed E-state index contributed by atoms with van der Waals surface area (Å²) in [5.41, 5.74) is -1.68. The highest BCUT2D eigenvalue weighted by Gasteiger charge is 2.28. The van der Waals surface area contributed by atoms with Crippen LogP contribution in [0.15, 0.2) is 36.5 Å². The van der Waals surface area contributed by atoms with E-state index in [-0.39, 0.29) is 0 Å². The lowest BCUT2D eigenvalue weighted by molar-refractivity contribution is -0.137. The highest BCUT2D eigenvalue weighted by atomic mass is 16.4. The number of carboxylic acid groups (broad SMARTS) is 2. The van der Waals surface area contributed by atoms with Crippen LogP contribution in [0.3, 0.4) is 0 Å². The van der Waals surface area contributed by atoms with E-state index in [2.05, 4.69) is 13.2 Å². The number of carboxylic acids is 2. The number of hydrogen-bond donors (Lipinski definition) is 4. The summed E-state index contributed by atoms with van der Waals surface area (Å²) in [4.78, 5) is 21.6. The number of hydrogen-bond acceptors (Lipinski definition) is 4. The molecule has 0 aliphatic rings. The Morgan fingerprint density at radius 2 is 1.12 bits per heavy atom. The summed E-state index contributed by atoms with van der Waals surface area (Å²) in [6, 6.07) is 0. The fraction of sp³-hybridized carbons (Fsp3) is 0.200. The highest BCUT2D eigenvalue weighted by Crippen LogP contribution is 2.16. The Morgan fingerprint density at radius 3 is 1.25 bits per heavy atom. The van der Waals surface area contributed by atoms with Crippen molar-refractivity contribution in [1.82, 2.24) is 0 Å². The van der Waals surface area contributed by atoms with Gasteiger partial charge in [-0.2, -0.15) is 0 Å². The molecular formula is C10H12O6. The van der Waals surface area contributed by atoms with Gasteiger partial charge in [0.15, 0.2) is 0 Å². The third-order valence-corrected chi connectivity index (χ3v) is 1.79. The van der Waals surface area contributed by atoms with Crippen molar-refractivity contribution in [2.24, 2.45) is 0 Å². The van der Waals surface area contributed by atoms with Gasteiger partial charge in [-0.15, -0.1) is 13.2 Å². The normalized spacial score (nSPS) is 15.6. The molecule has 0 bridgehead atoms. The fourth-order valence-electron chi connectivity index (χ4n) is 1.04. The van der Waals surface area contributed by atoms with Crippen molar-refractivity contribution in [3.63, 3.8) is 0 Å². The molecule has 6 nitrogen and oxygen atoms in total. The molecule has 0 spiro atoms. The molecule has 0 rings (SSSR count). The van der Waals surface area contributed by atoms with E-state index in [4.69, 9.17) is 10.2 Å². The molecule has 4 N–H and O–H groups in total. The maximum absolute atomic E-state index is 10.8. The van der Waals surface area contributed by atoms with Crippen molar-refractivity contribution in [2.45, 2.75) is 12.2 Å². The summed E-state index contributed by atoms with van der Waals surface area (Å²) >= 11 is 0. The second kappa shape index (κ2) is 5.84. The number of rotatable bonds is 6. The number of aliphatic carboxylic acids is 2. The second-order valence-corrected chi connectivity index (χ2v) is 2.80.